The van der Waals surface area contributed by atoms with Crippen molar-refractivity contribution in [2.24, 2.45) is 11.8 Å². The van der Waals surface area contributed by atoms with Crippen molar-refractivity contribution in [2.45, 2.75) is 89.1 Å². The van der Waals surface area contributed by atoms with Crippen molar-refractivity contribution >= 4 is 16.7 Å². The summed E-state index contributed by atoms with van der Waals surface area (Å²) in [6.45, 7) is 2.64. The molecule has 36 heavy (non-hydrogen) atoms. The van der Waals surface area contributed by atoms with Crippen LogP contribution in [0.4, 0.5) is 17.6 Å². The lowest BCUT2D eigenvalue weighted by atomic mass is 9.89. The Morgan fingerprint density at radius 2 is 1.72 bits per heavy atom. The second-order valence-corrected chi connectivity index (χ2v) is 11.0. The Morgan fingerprint density at radius 1 is 1.06 bits per heavy atom. The molecule has 2 unspecified atom stereocenters. The van der Waals surface area contributed by atoms with E-state index in [1.807, 2.05) is 0 Å². The highest BCUT2D eigenvalue weighted by Gasteiger charge is 2.43. The fourth-order valence-corrected chi connectivity index (χ4v) is 6.57. The monoisotopic (exact) mass is 507 g/mol. The first-order valence-electron chi connectivity index (χ1n) is 13.1. The number of piperidine rings is 1. The highest BCUT2D eigenvalue weighted by Crippen LogP contribution is 2.44. The van der Waals surface area contributed by atoms with E-state index in [9.17, 15) is 27.5 Å². The third-order valence-electron chi connectivity index (χ3n) is 8.56. The molecule has 2 aromatic carbocycles. The van der Waals surface area contributed by atoms with Gasteiger partial charge in [0.05, 0.1) is 12.0 Å². The molecule has 3 aliphatic rings. The zero-order chi connectivity index (χ0) is 25.6. The number of fused-ring (bicyclic) bond motifs is 3. The third kappa shape index (κ3) is 5.06. The van der Waals surface area contributed by atoms with E-state index < -0.39 is 23.5 Å². The maximum Gasteiger partial charge on any atom is 0.420 e. The van der Waals surface area contributed by atoms with Crippen LogP contribution in [0.15, 0.2) is 24.3 Å². The smallest absolute Gasteiger partial charge is 0.420 e. The Hall–Kier alpha value is -2.35. The Kier molecular flexibility index (Phi) is 6.92. The van der Waals surface area contributed by atoms with Gasteiger partial charge in [-0.2, -0.15) is 13.2 Å². The quantitative estimate of drug-likeness (QED) is 0.436. The van der Waals surface area contributed by atoms with Crippen molar-refractivity contribution in [3.63, 3.8) is 0 Å². The molecule has 4 nitrogen and oxygen atoms in total. The predicted molar refractivity (Wildman–Crippen MR) is 129 cm³/mol. The van der Waals surface area contributed by atoms with E-state index in [4.69, 9.17) is 4.74 Å². The van der Waals surface area contributed by atoms with E-state index in [1.165, 1.54) is 24.3 Å². The maximum atomic E-state index is 15.0. The van der Waals surface area contributed by atoms with Crippen molar-refractivity contribution in [2.75, 3.05) is 6.54 Å². The molecule has 196 valence electrons. The lowest BCUT2D eigenvalue weighted by Crippen LogP contribution is -2.45. The van der Waals surface area contributed by atoms with Gasteiger partial charge in [0.25, 0.3) is 0 Å². The van der Waals surface area contributed by atoms with Crippen LogP contribution < -0.4 is 4.74 Å². The Morgan fingerprint density at radius 3 is 2.33 bits per heavy atom. The van der Waals surface area contributed by atoms with Crippen molar-refractivity contribution in [3.8, 4) is 5.75 Å². The molecule has 0 amide bonds. The van der Waals surface area contributed by atoms with Gasteiger partial charge in [0.15, 0.2) is 0 Å². The molecule has 1 N–H and O–H groups in total. The highest BCUT2D eigenvalue weighted by atomic mass is 19.4. The average Bonchev–Trinajstić information content (AvgIpc) is 3.04. The summed E-state index contributed by atoms with van der Waals surface area (Å²) >= 11 is 0. The SMILES string of the molecule is CC1CCC(Oc2ccc3cc(F)c(CCN4C5CCC4CC(C(=O)O)C5)cc3c2C(F)(F)F)CC1. The molecule has 2 atom stereocenters. The van der Waals surface area contributed by atoms with Crippen molar-refractivity contribution in [3.05, 3.63) is 41.2 Å². The first-order chi connectivity index (χ1) is 17.1. The van der Waals surface area contributed by atoms with Gasteiger partial charge in [0.1, 0.15) is 17.1 Å². The Balaban J connectivity index is 1.40. The highest BCUT2D eigenvalue weighted by molar-refractivity contribution is 5.89. The molecule has 0 aromatic heterocycles. The lowest BCUT2D eigenvalue weighted by molar-refractivity contribution is -0.144. The number of carbonyl (C=O) groups is 1. The van der Waals surface area contributed by atoms with Gasteiger partial charge >= 0.3 is 12.1 Å². The van der Waals surface area contributed by atoms with Crippen molar-refractivity contribution in [1.29, 1.82) is 0 Å². The van der Waals surface area contributed by atoms with Gasteiger partial charge in [-0.15, -0.1) is 0 Å². The van der Waals surface area contributed by atoms with E-state index in [-0.39, 0.29) is 52.6 Å². The molecule has 5 rings (SSSR count). The Labute approximate surface area is 208 Å². The fourth-order valence-electron chi connectivity index (χ4n) is 6.57. The number of halogens is 4. The van der Waals surface area contributed by atoms with Crippen LogP contribution in [0.1, 0.15) is 69.4 Å². The molecule has 2 bridgehead atoms. The van der Waals surface area contributed by atoms with E-state index in [0.29, 0.717) is 25.3 Å². The van der Waals surface area contributed by atoms with E-state index in [2.05, 4.69) is 11.8 Å². The van der Waals surface area contributed by atoms with Crippen LogP contribution >= 0.6 is 0 Å². The van der Waals surface area contributed by atoms with Gasteiger partial charge in [0.2, 0.25) is 0 Å². The van der Waals surface area contributed by atoms with Gasteiger partial charge < -0.3 is 9.84 Å². The van der Waals surface area contributed by atoms with Crippen LogP contribution in [-0.2, 0) is 17.4 Å². The number of hydrogen-bond donors (Lipinski definition) is 1. The number of carboxylic acid groups (broad SMARTS) is 1. The molecule has 0 radical (unpaired) electrons. The number of rotatable bonds is 6. The minimum atomic E-state index is -4.64. The maximum absolute atomic E-state index is 15.0. The normalized spacial score (nSPS) is 29.0. The first-order valence-corrected chi connectivity index (χ1v) is 13.1. The number of ether oxygens (including phenoxy) is 1. The predicted octanol–water partition coefficient (Wildman–Crippen LogP) is 6.83. The van der Waals surface area contributed by atoms with Crippen LogP contribution in [0.2, 0.25) is 0 Å². The molecular formula is C28H33F4NO3. The number of aliphatic carboxylic acids is 1. The molecular weight excluding hydrogens is 474 g/mol. The molecule has 1 saturated carbocycles. The molecule has 1 aliphatic carbocycles. The van der Waals surface area contributed by atoms with Crippen LogP contribution in [0, 0.1) is 17.7 Å². The molecule has 2 aromatic rings. The lowest BCUT2D eigenvalue weighted by Gasteiger charge is -2.37. The summed E-state index contributed by atoms with van der Waals surface area (Å²) in [6.07, 6.45) is 1.68. The zero-order valence-corrected chi connectivity index (χ0v) is 20.5. The molecule has 2 saturated heterocycles. The summed E-state index contributed by atoms with van der Waals surface area (Å²) in [6, 6.07) is 5.64. The van der Waals surface area contributed by atoms with Crippen molar-refractivity contribution in [1.82, 2.24) is 4.90 Å². The van der Waals surface area contributed by atoms with Crippen molar-refractivity contribution < 1.29 is 32.2 Å². The second-order valence-electron chi connectivity index (χ2n) is 11.0. The van der Waals surface area contributed by atoms with Crippen LogP contribution in [0.25, 0.3) is 10.8 Å². The van der Waals surface area contributed by atoms with E-state index in [1.54, 1.807) is 0 Å². The van der Waals surface area contributed by atoms with Gasteiger partial charge in [0, 0.05) is 18.6 Å². The third-order valence-corrected chi connectivity index (χ3v) is 8.56. The average molecular weight is 508 g/mol. The molecule has 0 spiro atoms. The number of hydrogen-bond acceptors (Lipinski definition) is 3. The topological polar surface area (TPSA) is 49.8 Å². The second kappa shape index (κ2) is 9.84. The number of alkyl halides is 3. The molecule has 2 aliphatic heterocycles. The number of carboxylic acids is 1. The summed E-state index contributed by atoms with van der Waals surface area (Å²) < 4.78 is 63.7. The summed E-state index contributed by atoms with van der Waals surface area (Å²) in [5.74, 6) is -1.26. The number of nitrogens with zero attached hydrogens (tertiary/aromatic N) is 1. The summed E-state index contributed by atoms with van der Waals surface area (Å²) in [5, 5.41) is 9.56. The van der Waals surface area contributed by atoms with Crippen LogP contribution in [0.3, 0.4) is 0 Å². The summed E-state index contributed by atoms with van der Waals surface area (Å²) in [7, 11) is 0. The summed E-state index contributed by atoms with van der Waals surface area (Å²) in [5.41, 5.74) is -0.585. The minimum Gasteiger partial charge on any atom is -0.490 e. The minimum absolute atomic E-state index is 0.0341. The largest absolute Gasteiger partial charge is 0.490 e. The van der Waals surface area contributed by atoms with Crippen LogP contribution in [-0.4, -0.2) is 40.7 Å². The zero-order valence-electron chi connectivity index (χ0n) is 20.5. The first kappa shape index (κ1) is 25.3. The standard InChI is InChI=1S/C28H33F4NO3/c1-16-2-7-22(8-3-16)36-25-9-4-17-15-24(29)18(14-23(17)26(25)28(30,31)32)10-11-33-20-5-6-21(33)13-19(12-20)27(34)35/h4,9,14-16,19-22H,2-3,5-8,10-13H2,1H3,(H,34,35). The van der Waals surface area contributed by atoms with Gasteiger partial charge in [-0.25, -0.2) is 4.39 Å². The summed E-state index contributed by atoms with van der Waals surface area (Å²) in [4.78, 5) is 13.7. The van der Waals surface area contributed by atoms with Gasteiger partial charge in [-0.3, -0.25) is 9.69 Å². The Bertz CT molecular complexity index is 1110. The molecule has 2 heterocycles. The molecule has 8 heteroatoms. The van der Waals surface area contributed by atoms with E-state index >= 15 is 0 Å². The fraction of sp³-hybridized carbons (Fsp3) is 0.607. The van der Waals surface area contributed by atoms with Gasteiger partial charge in [-0.1, -0.05) is 13.0 Å². The number of benzene rings is 2. The molecule has 3 fully saturated rings. The van der Waals surface area contributed by atoms with E-state index in [0.717, 1.165) is 38.5 Å². The van der Waals surface area contributed by atoms with Crippen LogP contribution in [0.5, 0.6) is 5.75 Å². The van der Waals surface area contributed by atoms with Gasteiger partial charge in [-0.05, 0) is 98.2 Å².